The lowest BCUT2D eigenvalue weighted by Crippen LogP contribution is -2.29. The minimum Gasteiger partial charge on any atom is -0.322 e. The first-order valence-corrected chi connectivity index (χ1v) is 4.55. The zero-order valence-electron chi connectivity index (χ0n) is 7.51. The van der Waals surface area contributed by atoms with E-state index < -0.39 is 0 Å². The minimum atomic E-state index is -0.139. The Kier molecular flexibility index (Phi) is 2.91. The molecule has 0 saturated heterocycles. The number of aryl methyl sites for hydroxylation is 1. The molecule has 0 spiro atoms. The molecule has 0 aromatic heterocycles. The van der Waals surface area contributed by atoms with Crippen molar-refractivity contribution in [3.05, 3.63) is 34.3 Å². The fraction of sp³-hybridized carbons (Fsp3) is 0.400. The Hall–Kier alpha value is -0.240. The van der Waals surface area contributed by atoms with Gasteiger partial charge in [0, 0.05) is 10.6 Å². The van der Waals surface area contributed by atoms with Crippen molar-refractivity contribution in [2.24, 2.45) is 5.73 Å². The molecule has 0 saturated carbocycles. The Bertz CT molecular complexity index is 321. The number of nitrogens with two attached hydrogens (primary N) is 1. The van der Waals surface area contributed by atoms with Gasteiger partial charge in [0.1, 0.15) is 0 Å². The van der Waals surface area contributed by atoms with E-state index in [0.29, 0.717) is 0 Å². The molecule has 1 aliphatic carbocycles. The quantitative estimate of drug-likeness (QED) is 0.711. The summed E-state index contributed by atoms with van der Waals surface area (Å²) in [6.45, 7) is 2.08. The molecule has 0 fully saturated rings. The maximum Gasteiger partial charge on any atom is 0.0408 e. The van der Waals surface area contributed by atoms with E-state index in [1.165, 1.54) is 11.1 Å². The fourth-order valence-corrected chi connectivity index (χ4v) is 2.05. The summed E-state index contributed by atoms with van der Waals surface area (Å²) < 4.78 is 0. The average molecular weight is 218 g/mol. The predicted molar refractivity (Wildman–Crippen MR) is 58.6 cm³/mol. The lowest BCUT2D eigenvalue weighted by Gasteiger charge is -2.18. The third-order valence-corrected chi connectivity index (χ3v) is 2.83. The molecule has 13 heavy (non-hydrogen) atoms. The van der Waals surface area contributed by atoms with Crippen LogP contribution in [0.1, 0.15) is 24.5 Å². The Balaban J connectivity index is 0.000000845. The molecule has 0 bridgehead atoms. The van der Waals surface area contributed by atoms with Crippen molar-refractivity contribution in [1.82, 2.24) is 0 Å². The average Bonchev–Trinajstić information content (AvgIpc) is 2.27. The van der Waals surface area contributed by atoms with Crippen LogP contribution in [0.25, 0.3) is 0 Å². The second-order valence-corrected chi connectivity index (χ2v) is 4.16. The van der Waals surface area contributed by atoms with E-state index in [1.54, 1.807) is 0 Å². The van der Waals surface area contributed by atoms with Crippen LogP contribution in [0.2, 0.25) is 5.02 Å². The van der Waals surface area contributed by atoms with Gasteiger partial charge in [-0.1, -0.05) is 17.7 Å². The van der Waals surface area contributed by atoms with Gasteiger partial charge < -0.3 is 5.73 Å². The number of fused-ring (bicyclic) bond motifs is 1. The van der Waals surface area contributed by atoms with Crippen LogP contribution >= 0.6 is 24.0 Å². The van der Waals surface area contributed by atoms with Gasteiger partial charge in [-0.3, -0.25) is 0 Å². The van der Waals surface area contributed by atoms with Crippen LogP contribution in [0.15, 0.2) is 18.2 Å². The molecule has 0 radical (unpaired) electrons. The van der Waals surface area contributed by atoms with E-state index in [1.807, 2.05) is 18.2 Å². The predicted octanol–water partition coefficient (Wildman–Crippen LogP) is 2.88. The van der Waals surface area contributed by atoms with Crippen molar-refractivity contribution in [2.75, 3.05) is 0 Å². The number of hydrogen-bond donors (Lipinski definition) is 1. The maximum atomic E-state index is 6.10. The topological polar surface area (TPSA) is 26.0 Å². The van der Waals surface area contributed by atoms with Crippen molar-refractivity contribution in [3.8, 4) is 0 Å². The molecule has 3 heteroatoms. The Morgan fingerprint density at radius 3 is 2.85 bits per heavy atom. The first-order valence-electron chi connectivity index (χ1n) is 4.17. The van der Waals surface area contributed by atoms with E-state index >= 15 is 0 Å². The number of benzene rings is 1. The highest BCUT2D eigenvalue weighted by Crippen LogP contribution is 2.35. The van der Waals surface area contributed by atoms with E-state index in [9.17, 15) is 0 Å². The lowest BCUT2D eigenvalue weighted by atomic mass is 9.96. The van der Waals surface area contributed by atoms with Crippen molar-refractivity contribution >= 4 is 24.0 Å². The van der Waals surface area contributed by atoms with E-state index in [4.69, 9.17) is 17.3 Å². The third-order valence-electron chi connectivity index (χ3n) is 2.60. The number of halogens is 2. The summed E-state index contributed by atoms with van der Waals surface area (Å²) in [5.74, 6) is 0. The zero-order valence-corrected chi connectivity index (χ0v) is 9.08. The molecule has 2 rings (SSSR count). The van der Waals surface area contributed by atoms with Crippen LogP contribution in [0, 0.1) is 0 Å². The minimum absolute atomic E-state index is 0. The SMILES string of the molecule is CC1(N)CCc2cc(Cl)ccc21.Cl. The Morgan fingerprint density at radius 1 is 1.46 bits per heavy atom. The van der Waals surface area contributed by atoms with Crippen LogP contribution in [0.3, 0.4) is 0 Å². The second kappa shape index (κ2) is 3.49. The molecule has 2 N–H and O–H groups in total. The van der Waals surface area contributed by atoms with Gasteiger partial charge >= 0.3 is 0 Å². The highest BCUT2D eigenvalue weighted by molar-refractivity contribution is 6.30. The second-order valence-electron chi connectivity index (χ2n) is 3.72. The van der Waals surface area contributed by atoms with Crippen molar-refractivity contribution in [2.45, 2.75) is 25.3 Å². The van der Waals surface area contributed by atoms with Gasteiger partial charge in [0.05, 0.1) is 0 Å². The Labute approximate surface area is 89.7 Å². The summed E-state index contributed by atoms with van der Waals surface area (Å²) in [6, 6.07) is 5.98. The summed E-state index contributed by atoms with van der Waals surface area (Å²) in [5.41, 5.74) is 8.53. The van der Waals surface area contributed by atoms with Gasteiger partial charge in [0.25, 0.3) is 0 Å². The highest BCUT2D eigenvalue weighted by Gasteiger charge is 2.29. The molecular weight excluding hydrogens is 205 g/mol. The normalized spacial score (nSPS) is 25.2. The third kappa shape index (κ3) is 1.83. The van der Waals surface area contributed by atoms with Crippen molar-refractivity contribution < 1.29 is 0 Å². The molecule has 0 heterocycles. The molecule has 1 atom stereocenters. The standard InChI is InChI=1S/C10H12ClN.ClH/c1-10(12)5-4-7-6-8(11)2-3-9(7)10;/h2-3,6H,4-5,12H2,1H3;1H. The molecule has 1 aromatic rings. The van der Waals surface area contributed by atoms with Gasteiger partial charge in [0.15, 0.2) is 0 Å². The monoisotopic (exact) mass is 217 g/mol. The summed E-state index contributed by atoms with van der Waals surface area (Å²) in [6.07, 6.45) is 2.09. The van der Waals surface area contributed by atoms with Crippen LogP contribution in [0.4, 0.5) is 0 Å². The van der Waals surface area contributed by atoms with Gasteiger partial charge in [0.2, 0.25) is 0 Å². The summed E-state index contributed by atoms with van der Waals surface area (Å²) >= 11 is 5.88. The van der Waals surface area contributed by atoms with Gasteiger partial charge in [-0.05, 0) is 43.0 Å². The molecule has 0 aliphatic heterocycles. The van der Waals surface area contributed by atoms with Crippen LogP contribution < -0.4 is 5.73 Å². The van der Waals surface area contributed by atoms with Crippen LogP contribution in [-0.2, 0) is 12.0 Å². The number of hydrogen-bond acceptors (Lipinski definition) is 1. The van der Waals surface area contributed by atoms with Gasteiger partial charge in [-0.25, -0.2) is 0 Å². The van der Waals surface area contributed by atoms with Crippen molar-refractivity contribution in [3.63, 3.8) is 0 Å². The van der Waals surface area contributed by atoms with Crippen molar-refractivity contribution in [1.29, 1.82) is 0 Å². The maximum absolute atomic E-state index is 6.10. The first-order chi connectivity index (χ1) is 5.59. The smallest absolute Gasteiger partial charge is 0.0408 e. The first kappa shape index (κ1) is 10.8. The molecule has 1 nitrogen and oxygen atoms in total. The summed E-state index contributed by atoms with van der Waals surface area (Å²) in [5, 5.41) is 0.812. The van der Waals surface area contributed by atoms with Gasteiger partial charge in [-0.2, -0.15) is 0 Å². The van der Waals surface area contributed by atoms with E-state index in [-0.39, 0.29) is 17.9 Å². The van der Waals surface area contributed by atoms with Crippen LogP contribution in [-0.4, -0.2) is 0 Å². The van der Waals surface area contributed by atoms with Crippen LogP contribution in [0.5, 0.6) is 0 Å². The molecule has 0 amide bonds. The largest absolute Gasteiger partial charge is 0.322 e. The Morgan fingerprint density at radius 2 is 2.15 bits per heavy atom. The molecule has 1 aromatic carbocycles. The van der Waals surface area contributed by atoms with E-state index in [2.05, 4.69) is 6.92 Å². The van der Waals surface area contributed by atoms with Gasteiger partial charge in [-0.15, -0.1) is 12.4 Å². The summed E-state index contributed by atoms with van der Waals surface area (Å²) in [7, 11) is 0. The fourth-order valence-electron chi connectivity index (χ4n) is 1.86. The molecule has 72 valence electrons. The highest BCUT2D eigenvalue weighted by atomic mass is 35.5. The number of rotatable bonds is 0. The summed E-state index contributed by atoms with van der Waals surface area (Å²) in [4.78, 5) is 0. The van der Waals surface area contributed by atoms with E-state index in [0.717, 1.165) is 17.9 Å². The zero-order chi connectivity index (χ0) is 8.77. The molecule has 1 aliphatic rings. The molecular formula is C10H13Cl2N. The molecule has 1 unspecified atom stereocenters. The lowest BCUT2D eigenvalue weighted by molar-refractivity contribution is 0.492.